The Bertz CT molecular complexity index is 335. The molecule has 2 rings (SSSR count). The summed E-state index contributed by atoms with van der Waals surface area (Å²) < 4.78 is 0. The van der Waals surface area contributed by atoms with Crippen LogP contribution in [0.5, 0.6) is 0 Å². The Balaban J connectivity index is 2.40. The summed E-state index contributed by atoms with van der Waals surface area (Å²) in [5.41, 5.74) is 3.11. The molecule has 1 heteroatoms. The Morgan fingerprint density at radius 3 is 2.36 bits per heavy atom. The molecule has 0 aliphatic heterocycles. The van der Waals surface area contributed by atoms with Crippen molar-refractivity contribution in [3.63, 3.8) is 0 Å². The van der Waals surface area contributed by atoms with Gasteiger partial charge in [0.15, 0.2) is 0 Å². The lowest BCUT2D eigenvalue weighted by Crippen LogP contribution is -2.22. The van der Waals surface area contributed by atoms with E-state index < -0.39 is 5.60 Å². The molecule has 76 valence electrons. The molecule has 14 heavy (non-hydrogen) atoms. The second-order valence-corrected chi connectivity index (χ2v) is 4.56. The number of benzene rings is 1. The molecule has 1 aliphatic rings. The smallest absolute Gasteiger partial charge is 0.0899 e. The van der Waals surface area contributed by atoms with Crippen LogP contribution in [0.3, 0.4) is 0 Å². The first-order valence-electron chi connectivity index (χ1n) is 5.42. The summed E-state index contributed by atoms with van der Waals surface area (Å²) in [6, 6.07) is 6.35. The predicted octanol–water partition coefficient (Wildman–Crippen LogP) is 3.07. The number of aryl methyl sites for hydroxylation is 2. The van der Waals surface area contributed by atoms with Gasteiger partial charge < -0.3 is 5.11 Å². The van der Waals surface area contributed by atoms with Crippen molar-refractivity contribution in [1.29, 1.82) is 0 Å². The second-order valence-electron chi connectivity index (χ2n) is 4.56. The van der Waals surface area contributed by atoms with E-state index in [4.69, 9.17) is 0 Å². The van der Waals surface area contributed by atoms with Crippen molar-refractivity contribution >= 4 is 0 Å². The predicted molar refractivity (Wildman–Crippen MR) is 58.3 cm³/mol. The van der Waals surface area contributed by atoms with Gasteiger partial charge in [-0.05, 0) is 37.8 Å². The van der Waals surface area contributed by atoms with Gasteiger partial charge in [-0.3, -0.25) is 0 Å². The highest BCUT2D eigenvalue weighted by molar-refractivity contribution is 5.35. The summed E-state index contributed by atoms with van der Waals surface area (Å²) in [6.07, 6.45) is 4.17. The maximum absolute atomic E-state index is 10.4. The van der Waals surface area contributed by atoms with Gasteiger partial charge in [0.05, 0.1) is 5.60 Å². The van der Waals surface area contributed by atoms with Crippen molar-refractivity contribution in [3.05, 3.63) is 34.9 Å². The zero-order valence-corrected chi connectivity index (χ0v) is 9.01. The van der Waals surface area contributed by atoms with Crippen molar-refractivity contribution in [2.75, 3.05) is 0 Å². The molecular formula is C13H18O. The van der Waals surface area contributed by atoms with E-state index in [2.05, 4.69) is 32.0 Å². The topological polar surface area (TPSA) is 20.2 Å². The van der Waals surface area contributed by atoms with E-state index in [1.54, 1.807) is 0 Å². The highest BCUT2D eigenvalue weighted by atomic mass is 16.3. The van der Waals surface area contributed by atoms with Gasteiger partial charge in [0, 0.05) is 0 Å². The normalized spacial score (nSPS) is 19.9. The molecule has 0 atom stereocenters. The van der Waals surface area contributed by atoms with Gasteiger partial charge in [-0.25, -0.2) is 0 Å². The minimum atomic E-state index is -0.530. The second kappa shape index (κ2) is 3.39. The van der Waals surface area contributed by atoms with Gasteiger partial charge >= 0.3 is 0 Å². The average molecular weight is 190 g/mol. The molecule has 1 saturated carbocycles. The summed E-state index contributed by atoms with van der Waals surface area (Å²) in [5, 5.41) is 10.4. The molecule has 1 fully saturated rings. The quantitative estimate of drug-likeness (QED) is 0.721. The van der Waals surface area contributed by atoms with E-state index in [0.29, 0.717) is 0 Å². The number of rotatable bonds is 1. The summed E-state index contributed by atoms with van der Waals surface area (Å²) in [5.74, 6) is 0. The molecule has 1 aromatic rings. The maximum atomic E-state index is 10.4. The Kier molecular flexibility index (Phi) is 2.36. The van der Waals surface area contributed by atoms with Crippen LogP contribution in [0.15, 0.2) is 18.2 Å². The average Bonchev–Trinajstić information content (AvgIpc) is 2.52. The first kappa shape index (κ1) is 9.72. The molecule has 1 aliphatic carbocycles. The molecular weight excluding hydrogens is 172 g/mol. The molecule has 0 spiro atoms. The van der Waals surface area contributed by atoms with Crippen molar-refractivity contribution in [1.82, 2.24) is 0 Å². The summed E-state index contributed by atoms with van der Waals surface area (Å²) in [7, 11) is 0. The highest BCUT2D eigenvalue weighted by Gasteiger charge is 2.33. The minimum Gasteiger partial charge on any atom is -0.385 e. The van der Waals surface area contributed by atoms with Crippen LogP contribution in [0, 0.1) is 13.8 Å². The lowest BCUT2D eigenvalue weighted by atomic mass is 9.88. The zero-order chi connectivity index (χ0) is 10.2. The third kappa shape index (κ3) is 1.57. The standard InChI is InChI=1S/C13H18O/c1-10-5-6-12(11(2)9-10)13(14)7-3-4-8-13/h5-6,9,14H,3-4,7-8H2,1-2H3. The number of hydrogen-bond donors (Lipinski definition) is 1. The van der Waals surface area contributed by atoms with Crippen LogP contribution in [-0.4, -0.2) is 5.11 Å². The van der Waals surface area contributed by atoms with Crippen LogP contribution in [0.25, 0.3) is 0 Å². The van der Waals surface area contributed by atoms with Crippen LogP contribution in [0.4, 0.5) is 0 Å². The molecule has 0 amide bonds. The van der Waals surface area contributed by atoms with E-state index in [0.717, 1.165) is 31.2 Å². The minimum absolute atomic E-state index is 0.530. The van der Waals surface area contributed by atoms with Crippen molar-refractivity contribution in [2.24, 2.45) is 0 Å². The molecule has 0 bridgehead atoms. The zero-order valence-electron chi connectivity index (χ0n) is 9.01. The van der Waals surface area contributed by atoms with Gasteiger partial charge in [0.25, 0.3) is 0 Å². The molecule has 0 radical (unpaired) electrons. The van der Waals surface area contributed by atoms with Crippen molar-refractivity contribution < 1.29 is 5.11 Å². The lowest BCUT2D eigenvalue weighted by molar-refractivity contribution is 0.0438. The van der Waals surface area contributed by atoms with Crippen LogP contribution in [-0.2, 0) is 5.60 Å². The third-order valence-corrected chi connectivity index (χ3v) is 3.31. The molecule has 1 N–H and O–H groups in total. The van der Waals surface area contributed by atoms with Gasteiger partial charge in [0.1, 0.15) is 0 Å². The maximum Gasteiger partial charge on any atom is 0.0899 e. The summed E-state index contributed by atoms with van der Waals surface area (Å²) in [6.45, 7) is 4.19. The lowest BCUT2D eigenvalue weighted by Gasteiger charge is -2.24. The fourth-order valence-electron chi connectivity index (χ4n) is 2.56. The highest BCUT2D eigenvalue weighted by Crippen LogP contribution is 2.39. The van der Waals surface area contributed by atoms with E-state index in [-0.39, 0.29) is 0 Å². The Labute approximate surface area is 85.8 Å². The van der Waals surface area contributed by atoms with E-state index in [9.17, 15) is 5.11 Å². The summed E-state index contributed by atoms with van der Waals surface area (Å²) in [4.78, 5) is 0. The van der Waals surface area contributed by atoms with Gasteiger partial charge in [-0.1, -0.05) is 36.6 Å². The van der Waals surface area contributed by atoms with Crippen LogP contribution in [0.2, 0.25) is 0 Å². The molecule has 1 aromatic carbocycles. The fraction of sp³-hybridized carbons (Fsp3) is 0.538. The van der Waals surface area contributed by atoms with E-state index >= 15 is 0 Å². The Morgan fingerprint density at radius 2 is 1.79 bits per heavy atom. The first-order valence-corrected chi connectivity index (χ1v) is 5.42. The summed E-state index contributed by atoms with van der Waals surface area (Å²) >= 11 is 0. The van der Waals surface area contributed by atoms with E-state index in [1.807, 2.05) is 0 Å². The molecule has 1 nitrogen and oxygen atoms in total. The van der Waals surface area contributed by atoms with Crippen LogP contribution < -0.4 is 0 Å². The molecule has 0 aromatic heterocycles. The third-order valence-electron chi connectivity index (χ3n) is 3.31. The SMILES string of the molecule is Cc1ccc(C2(O)CCCC2)c(C)c1. The molecule has 0 saturated heterocycles. The van der Waals surface area contributed by atoms with Crippen molar-refractivity contribution in [2.45, 2.75) is 45.1 Å². The van der Waals surface area contributed by atoms with Gasteiger partial charge in [-0.15, -0.1) is 0 Å². The largest absolute Gasteiger partial charge is 0.385 e. The Morgan fingerprint density at radius 1 is 1.14 bits per heavy atom. The molecule has 0 unspecified atom stereocenters. The molecule has 0 heterocycles. The Hall–Kier alpha value is -0.820. The van der Waals surface area contributed by atoms with Gasteiger partial charge in [-0.2, -0.15) is 0 Å². The monoisotopic (exact) mass is 190 g/mol. The van der Waals surface area contributed by atoms with E-state index in [1.165, 1.54) is 11.1 Å². The van der Waals surface area contributed by atoms with Crippen LogP contribution in [0.1, 0.15) is 42.4 Å². The fourth-order valence-corrected chi connectivity index (χ4v) is 2.56. The first-order chi connectivity index (χ1) is 6.62. The van der Waals surface area contributed by atoms with Crippen molar-refractivity contribution in [3.8, 4) is 0 Å². The van der Waals surface area contributed by atoms with Gasteiger partial charge in [0.2, 0.25) is 0 Å². The van der Waals surface area contributed by atoms with Crippen LogP contribution >= 0.6 is 0 Å². The number of aliphatic hydroxyl groups is 1. The number of hydrogen-bond acceptors (Lipinski definition) is 1.